The van der Waals surface area contributed by atoms with Gasteiger partial charge in [-0.15, -0.1) is 0 Å². The molecule has 0 heterocycles. The van der Waals surface area contributed by atoms with Crippen molar-refractivity contribution in [3.8, 4) is 0 Å². The number of rotatable bonds is 5. The van der Waals surface area contributed by atoms with Crippen LogP contribution in [-0.4, -0.2) is 28.3 Å². The van der Waals surface area contributed by atoms with E-state index in [1.807, 2.05) is 31.2 Å². The van der Waals surface area contributed by atoms with Crippen LogP contribution in [0.25, 0.3) is 0 Å². The van der Waals surface area contributed by atoms with Crippen LogP contribution in [0.2, 0.25) is 0 Å². The molecule has 0 aliphatic heterocycles. The molecule has 4 atom stereocenters. The van der Waals surface area contributed by atoms with Gasteiger partial charge in [0, 0.05) is 6.54 Å². The topological polar surface area (TPSA) is 69.6 Å². The molecule has 1 saturated carbocycles. The van der Waals surface area contributed by atoms with Crippen LogP contribution in [0.15, 0.2) is 24.3 Å². The first-order chi connectivity index (χ1) is 11.2. The van der Waals surface area contributed by atoms with E-state index in [9.17, 15) is 15.0 Å². The molecule has 4 heteroatoms. The highest BCUT2D eigenvalue weighted by molar-refractivity contribution is 5.85. The lowest BCUT2D eigenvalue weighted by atomic mass is 9.66. The first-order valence-electron chi connectivity index (χ1n) is 8.99. The van der Waals surface area contributed by atoms with Crippen LogP contribution in [-0.2, 0) is 4.79 Å². The fourth-order valence-electron chi connectivity index (χ4n) is 3.97. The van der Waals surface area contributed by atoms with Crippen LogP contribution in [0.4, 0.5) is 0 Å². The molecule has 0 saturated heterocycles. The predicted octanol–water partition coefficient (Wildman–Crippen LogP) is 2.97. The number of nitrogens with one attached hydrogen (secondary N) is 1. The van der Waals surface area contributed by atoms with Crippen LogP contribution in [0.5, 0.6) is 0 Å². The highest BCUT2D eigenvalue weighted by Crippen LogP contribution is 2.41. The summed E-state index contributed by atoms with van der Waals surface area (Å²) in [5, 5.41) is 24.2. The molecular formula is C20H31NO3. The van der Waals surface area contributed by atoms with E-state index in [1.54, 1.807) is 0 Å². The molecule has 1 aromatic rings. The number of hydrogen-bond donors (Lipinski definition) is 3. The average Bonchev–Trinajstić information content (AvgIpc) is 2.51. The Hall–Kier alpha value is -1.39. The van der Waals surface area contributed by atoms with Gasteiger partial charge < -0.3 is 15.5 Å². The normalized spacial score (nSPS) is 28.6. The molecule has 1 amide bonds. The Bertz CT molecular complexity index is 572. The van der Waals surface area contributed by atoms with Gasteiger partial charge in [0.1, 0.15) is 5.60 Å². The molecule has 1 aromatic carbocycles. The number of amides is 1. The molecule has 134 valence electrons. The molecule has 1 aliphatic rings. The molecule has 0 spiro atoms. The molecule has 3 N–H and O–H groups in total. The zero-order valence-electron chi connectivity index (χ0n) is 15.2. The van der Waals surface area contributed by atoms with Gasteiger partial charge in [-0.05, 0) is 43.1 Å². The van der Waals surface area contributed by atoms with Crippen molar-refractivity contribution in [1.82, 2.24) is 5.32 Å². The molecule has 3 unspecified atom stereocenters. The number of benzene rings is 1. The lowest BCUT2D eigenvalue weighted by molar-refractivity contribution is -0.156. The van der Waals surface area contributed by atoms with E-state index in [4.69, 9.17) is 0 Å². The summed E-state index contributed by atoms with van der Waals surface area (Å²) >= 11 is 0. The van der Waals surface area contributed by atoms with Gasteiger partial charge in [0.2, 0.25) is 0 Å². The minimum absolute atomic E-state index is 0.0372. The Morgan fingerprint density at radius 1 is 1.38 bits per heavy atom. The summed E-state index contributed by atoms with van der Waals surface area (Å²) in [5.41, 5.74) is 0.509. The number of hydrogen-bond acceptors (Lipinski definition) is 3. The van der Waals surface area contributed by atoms with Gasteiger partial charge in [-0.1, -0.05) is 57.0 Å². The zero-order chi connectivity index (χ0) is 17.9. The Morgan fingerprint density at radius 2 is 2.08 bits per heavy atom. The van der Waals surface area contributed by atoms with Crippen LogP contribution < -0.4 is 5.32 Å². The molecule has 1 fully saturated rings. The second-order valence-electron chi connectivity index (χ2n) is 7.80. The summed E-state index contributed by atoms with van der Waals surface area (Å²) in [6, 6.07) is 7.61. The van der Waals surface area contributed by atoms with Gasteiger partial charge >= 0.3 is 0 Å². The minimum atomic E-state index is -1.34. The maximum Gasteiger partial charge on any atom is 0.252 e. The summed E-state index contributed by atoms with van der Waals surface area (Å²) in [7, 11) is 0. The van der Waals surface area contributed by atoms with Crippen molar-refractivity contribution in [1.29, 1.82) is 0 Å². The predicted molar refractivity (Wildman–Crippen MR) is 95.4 cm³/mol. The summed E-state index contributed by atoms with van der Waals surface area (Å²) in [4.78, 5) is 12.7. The molecule has 2 rings (SSSR count). The maximum absolute atomic E-state index is 12.7. The van der Waals surface area contributed by atoms with Gasteiger partial charge in [-0.2, -0.15) is 0 Å². The van der Waals surface area contributed by atoms with Gasteiger partial charge in [-0.3, -0.25) is 4.79 Å². The number of aliphatic hydroxyl groups is 2. The highest BCUT2D eigenvalue weighted by Gasteiger charge is 2.48. The Morgan fingerprint density at radius 3 is 2.71 bits per heavy atom. The van der Waals surface area contributed by atoms with E-state index in [0.717, 1.165) is 24.0 Å². The number of carbonyl (C=O) groups excluding carboxylic acids is 1. The second kappa shape index (κ2) is 7.66. The zero-order valence-corrected chi connectivity index (χ0v) is 15.2. The van der Waals surface area contributed by atoms with Gasteiger partial charge in [0.15, 0.2) is 0 Å². The van der Waals surface area contributed by atoms with Crippen molar-refractivity contribution in [3.63, 3.8) is 0 Å². The Labute approximate surface area is 145 Å². The van der Waals surface area contributed by atoms with E-state index in [-0.39, 0.29) is 24.3 Å². The smallest absolute Gasteiger partial charge is 0.252 e. The summed E-state index contributed by atoms with van der Waals surface area (Å²) in [5.74, 6) is 0.191. The van der Waals surface area contributed by atoms with Crippen molar-refractivity contribution >= 4 is 5.91 Å². The van der Waals surface area contributed by atoms with E-state index in [0.29, 0.717) is 12.3 Å². The standard InChI is InChI=1S/C20H31NO3/c1-13(2)17-9-8-15(4)11-20(17,24)19(23)21-12-18(22)16-7-5-6-14(3)10-16/h5-7,10,13,15,17-18,22,24H,8-9,11-12H2,1-4H3,(H,21,23)/t15?,17?,18?,20-/m1/s1. The molecular weight excluding hydrogens is 302 g/mol. The fraction of sp³-hybridized carbons (Fsp3) is 0.650. The van der Waals surface area contributed by atoms with Crippen LogP contribution in [0, 0.1) is 24.7 Å². The first kappa shape index (κ1) is 18.9. The lowest BCUT2D eigenvalue weighted by Gasteiger charge is -2.43. The van der Waals surface area contributed by atoms with Gasteiger partial charge in [0.05, 0.1) is 6.10 Å². The largest absolute Gasteiger partial charge is 0.387 e. The number of carbonyl (C=O) groups is 1. The van der Waals surface area contributed by atoms with E-state index < -0.39 is 11.7 Å². The van der Waals surface area contributed by atoms with Crippen molar-refractivity contribution < 1.29 is 15.0 Å². The van der Waals surface area contributed by atoms with Gasteiger partial charge in [-0.25, -0.2) is 0 Å². The lowest BCUT2D eigenvalue weighted by Crippen LogP contribution is -2.56. The van der Waals surface area contributed by atoms with Crippen molar-refractivity contribution in [3.05, 3.63) is 35.4 Å². The number of aryl methyl sites for hydroxylation is 1. The molecule has 1 aliphatic carbocycles. The van der Waals surface area contributed by atoms with E-state index >= 15 is 0 Å². The maximum atomic E-state index is 12.7. The Kier molecular flexibility index (Phi) is 6.05. The molecule has 0 bridgehead atoms. The van der Waals surface area contributed by atoms with Crippen molar-refractivity contribution in [2.45, 2.75) is 58.7 Å². The third kappa shape index (κ3) is 4.17. The van der Waals surface area contributed by atoms with E-state index in [2.05, 4.69) is 26.1 Å². The van der Waals surface area contributed by atoms with Gasteiger partial charge in [0.25, 0.3) is 5.91 Å². The third-order valence-corrected chi connectivity index (χ3v) is 5.32. The first-order valence-corrected chi connectivity index (χ1v) is 8.99. The van der Waals surface area contributed by atoms with Crippen molar-refractivity contribution in [2.24, 2.45) is 17.8 Å². The highest BCUT2D eigenvalue weighted by atomic mass is 16.3. The summed E-state index contributed by atoms with van der Waals surface area (Å²) < 4.78 is 0. The third-order valence-electron chi connectivity index (χ3n) is 5.32. The van der Waals surface area contributed by atoms with Crippen LogP contribution >= 0.6 is 0 Å². The fourth-order valence-corrected chi connectivity index (χ4v) is 3.97. The molecule has 0 radical (unpaired) electrons. The molecule has 4 nitrogen and oxygen atoms in total. The molecule has 0 aromatic heterocycles. The van der Waals surface area contributed by atoms with Crippen LogP contribution in [0.1, 0.15) is 57.3 Å². The molecule has 24 heavy (non-hydrogen) atoms. The second-order valence-corrected chi connectivity index (χ2v) is 7.80. The monoisotopic (exact) mass is 333 g/mol. The SMILES string of the molecule is Cc1cccc(C(O)CNC(=O)[C@@]2(O)CC(C)CCC2C(C)C)c1. The summed E-state index contributed by atoms with van der Waals surface area (Å²) in [6.07, 6.45) is 1.63. The summed E-state index contributed by atoms with van der Waals surface area (Å²) in [6.45, 7) is 8.27. The Balaban J connectivity index is 2.04. The van der Waals surface area contributed by atoms with Crippen LogP contribution in [0.3, 0.4) is 0 Å². The average molecular weight is 333 g/mol. The number of aliphatic hydroxyl groups excluding tert-OH is 1. The quantitative estimate of drug-likeness (QED) is 0.776. The van der Waals surface area contributed by atoms with E-state index in [1.165, 1.54) is 0 Å². The minimum Gasteiger partial charge on any atom is -0.387 e. The van der Waals surface area contributed by atoms with Crippen molar-refractivity contribution in [2.75, 3.05) is 6.54 Å².